The van der Waals surface area contributed by atoms with Crippen molar-refractivity contribution in [2.24, 2.45) is 5.92 Å². The predicted molar refractivity (Wildman–Crippen MR) is 150 cm³/mol. The average Bonchev–Trinajstić information content (AvgIpc) is 2.94. The molecule has 1 aliphatic rings. The number of hydrogen-bond acceptors (Lipinski definition) is 7. The van der Waals surface area contributed by atoms with Crippen molar-refractivity contribution in [1.29, 1.82) is 0 Å². The summed E-state index contributed by atoms with van der Waals surface area (Å²) in [6.45, 7) is 0.624. The molecule has 3 aromatic rings. The molecule has 0 bridgehead atoms. The van der Waals surface area contributed by atoms with E-state index in [0.717, 1.165) is 40.2 Å². The zero-order valence-electron chi connectivity index (χ0n) is 22.2. The number of pyridine rings is 2. The standard InChI is InChI=1S/C29H38BrN3O4/c1-31-13-12-29(34,21-17-26(35-2)33-27(18-21)36-3)24(14-19-8-6-5-7-9-19)23-16-20-15-22(30)10-11-25(20)32-28(23)37-4/h10-11,15-19,24,31,34H,5-9,12-14H2,1-4H3. The molecule has 37 heavy (non-hydrogen) atoms. The molecule has 8 heteroatoms. The highest BCUT2D eigenvalue weighted by molar-refractivity contribution is 9.10. The molecule has 200 valence electrons. The van der Waals surface area contributed by atoms with Crippen molar-refractivity contribution in [3.8, 4) is 17.6 Å². The minimum Gasteiger partial charge on any atom is -0.481 e. The zero-order valence-corrected chi connectivity index (χ0v) is 23.8. The molecule has 0 radical (unpaired) electrons. The summed E-state index contributed by atoms with van der Waals surface area (Å²) in [6, 6.07) is 11.8. The molecule has 1 fully saturated rings. The van der Waals surface area contributed by atoms with Gasteiger partial charge in [0.25, 0.3) is 0 Å². The van der Waals surface area contributed by atoms with Crippen molar-refractivity contribution in [3.05, 3.63) is 52.0 Å². The Hall–Kier alpha value is -2.42. The highest BCUT2D eigenvalue weighted by atomic mass is 79.9. The van der Waals surface area contributed by atoms with E-state index in [9.17, 15) is 5.11 Å². The maximum Gasteiger partial charge on any atom is 0.217 e. The molecule has 0 saturated heterocycles. The Morgan fingerprint density at radius 3 is 2.32 bits per heavy atom. The Morgan fingerprint density at radius 1 is 1.00 bits per heavy atom. The number of benzene rings is 1. The third kappa shape index (κ3) is 6.19. The first-order chi connectivity index (χ1) is 17.9. The molecule has 2 heterocycles. The van der Waals surface area contributed by atoms with Crippen LogP contribution in [0.4, 0.5) is 0 Å². The zero-order chi connectivity index (χ0) is 26.4. The van der Waals surface area contributed by atoms with E-state index in [1.165, 1.54) is 19.3 Å². The molecule has 4 rings (SSSR count). The minimum absolute atomic E-state index is 0.272. The summed E-state index contributed by atoms with van der Waals surface area (Å²) >= 11 is 3.60. The third-order valence-corrected chi connectivity index (χ3v) is 8.15. The van der Waals surface area contributed by atoms with Crippen LogP contribution in [0.2, 0.25) is 0 Å². The fourth-order valence-corrected chi connectivity index (χ4v) is 6.05. The molecule has 7 nitrogen and oxygen atoms in total. The number of nitrogens with zero attached hydrogens (tertiary/aromatic N) is 2. The van der Waals surface area contributed by atoms with E-state index < -0.39 is 5.60 Å². The fourth-order valence-electron chi connectivity index (χ4n) is 5.67. The van der Waals surface area contributed by atoms with Crippen LogP contribution < -0.4 is 19.5 Å². The number of methoxy groups -OCH3 is 3. The van der Waals surface area contributed by atoms with Crippen LogP contribution in [0.3, 0.4) is 0 Å². The molecule has 2 N–H and O–H groups in total. The fraction of sp³-hybridized carbons (Fsp3) is 0.517. The molecule has 2 aromatic heterocycles. The largest absolute Gasteiger partial charge is 0.481 e. The first kappa shape index (κ1) is 27.6. The van der Waals surface area contributed by atoms with E-state index in [2.05, 4.69) is 38.4 Å². The van der Waals surface area contributed by atoms with Crippen molar-refractivity contribution in [2.45, 2.75) is 56.5 Å². The molecule has 1 aliphatic carbocycles. The van der Waals surface area contributed by atoms with Gasteiger partial charge in [-0.2, -0.15) is 4.98 Å². The van der Waals surface area contributed by atoms with E-state index in [1.54, 1.807) is 21.3 Å². The van der Waals surface area contributed by atoms with Gasteiger partial charge in [0.2, 0.25) is 17.6 Å². The predicted octanol–water partition coefficient (Wildman–Crippen LogP) is 5.97. The third-order valence-electron chi connectivity index (χ3n) is 7.66. The summed E-state index contributed by atoms with van der Waals surface area (Å²) in [7, 11) is 6.71. The normalized spacial score (nSPS) is 16.8. The van der Waals surface area contributed by atoms with Crippen LogP contribution >= 0.6 is 15.9 Å². The van der Waals surface area contributed by atoms with Crippen LogP contribution in [0.25, 0.3) is 10.9 Å². The number of nitrogens with one attached hydrogen (secondary N) is 1. The summed E-state index contributed by atoms with van der Waals surface area (Å²) in [5.41, 5.74) is 1.22. The lowest BCUT2D eigenvalue weighted by molar-refractivity contribution is -0.0116. The van der Waals surface area contributed by atoms with Gasteiger partial charge in [0, 0.05) is 33.5 Å². The lowest BCUT2D eigenvalue weighted by Gasteiger charge is -2.40. The van der Waals surface area contributed by atoms with Crippen LogP contribution in [0.15, 0.2) is 40.9 Å². The number of ether oxygens (including phenoxy) is 3. The van der Waals surface area contributed by atoms with Crippen LogP contribution in [0.5, 0.6) is 17.6 Å². The monoisotopic (exact) mass is 571 g/mol. The minimum atomic E-state index is -1.25. The molecule has 1 saturated carbocycles. The van der Waals surface area contributed by atoms with Gasteiger partial charge in [0.1, 0.15) is 0 Å². The van der Waals surface area contributed by atoms with Crippen LogP contribution in [0.1, 0.15) is 62.0 Å². The second kappa shape index (κ2) is 12.4. The Bertz CT molecular complexity index is 1180. The SMILES string of the molecule is CNCCC(O)(c1cc(OC)nc(OC)c1)C(CC1CCCCC1)c1cc2cc(Br)ccc2nc1OC. The summed E-state index contributed by atoms with van der Waals surface area (Å²) in [5, 5.41) is 17.0. The maximum absolute atomic E-state index is 12.8. The number of fused-ring (bicyclic) bond motifs is 1. The Labute approximate surface area is 228 Å². The van der Waals surface area contributed by atoms with Gasteiger partial charge in [-0.3, -0.25) is 0 Å². The van der Waals surface area contributed by atoms with E-state index >= 15 is 0 Å². The molecule has 0 spiro atoms. The van der Waals surface area contributed by atoms with Crippen molar-refractivity contribution < 1.29 is 19.3 Å². The van der Waals surface area contributed by atoms with Crippen molar-refractivity contribution in [3.63, 3.8) is 0 Å². The van der Waals surface area contributed by atoms with E-state index in [4.69, 9.17) is 19.2 Å². The number of halogens is 1. The highest BCUT2D eigenvalue weighted by Gasteiger charge is 2.43. The Morgan fingerprint density at radius 2 is 1.70 bits per heavy atom. The second-order valence-corrected chi connectivity index (χ2v) is 10.9. The lowest BCUT2D eigenvalue weighted by atomic mass is 9.69. The molecular weight excluding hydrogens is 534 g/mol. The van der Waals surface area contributed by atoms with Crippen molar-refractivity contribution >= 4 is 26.8 Å². The van der Waals surface area contributed by atoms with Crippen LogP contribution in [-0.2, 0) is 5.60 Å². The van der Waals surface area contributed by atoms with Crippen LogP contribution in [-0.4, -0.2) is 50.0 Å². The Balaban J connectivity index is 1.93. The number of aromatic nitrogens is 2. The van der Waals surface area contributed by atoms with Gasteiger partial charge in [-0.05, 0) is 62.2 Å². The summed E-state index contributed by atoms with van der Waals surface area (Å²) in [4.78, 5) is 9.26. The number of hydrogen-bond donors (Lipinski definition) is 2. The van der Waals surface area contributed by atoms with Crippen molar-refractivity contribution in [2.75, 3.05) is 34.9 Å². The van der Waals surface area contributed by atoms with Crippen molar-refractivity contribution in [1.82, 2.24) is 15.3 Å². The first-order valence-corrected chi connectivity index (χ1v) is 13.8. The summed E-state index contributed by atoms with van der Waals surface area (Å²) in [6.07, 6.45) is 7.36. The lowest BCUT2D eigenvalue weighted by Crippen LogP contribution is -2.38. The van der Waals surface area contributed by atoms with E-state index in [-0.39, 0.29) is 5.92 Å². The maximum atomic E-state index is 12.8. The molecule has 1 aromatic carbocycles. The van der Waals surface area contributed by atoms with Crippen LogP contribution in [0, 0.1) is 5.92 Å². The van der Waals surface area contributed by atoms with E-state index in [0.29, 0.717) is 42.1 Å². The molecule has 2 atom stereocenters. The van der Waals surface area contributed by atoms with Gasteiger partial charge in [0.15, 0.2) is 0 Å². The van der Waals surface area contributed by atoms with Gasteiger partial charge in [-0.1, -0.05) is 48.0 Å². The molecular formula is C29H38BrN3O4. The molecule has 0 aliphatic heterocycles. The van der Waals surface area contributed by atoms with Gasteiger partial charge >= 0.3 is 0 Å². The summed E-state index contributed by atoms with van der Waals surface area (Å²) in [5.74, 6) is 1.59. The van der Waals surface area contributed by atoms with E-state index in [1.807, 2.05) is 31.3 Å². The first-order valence-electron chi connectivity index (χ1n) is 13.0. The van der Waals surface area contributed by atoms with Gasteiger partial charge < -0.3 is 24.6 Å². The molecule has 2 unspecified atom stereocenters. The number of aliphatic hydroxyl groups is 1. The average molecular weight is 573 g/mol. The summed E-state index contributed by atoms with van der Waals surface area (Å²) < 4.78 is 17.8. The smallest absolute Gasteiger partial charge is 0.217 e. The number of rotatable bonds is 11. The molecule has 0 amide bonds. The highest BCUT2D eigenvalue weighted by Crippen LogP contribution is 2.49. The van der Waals surface area contributed by atoms with Gasteiger partial charge in [-0.25, -0.2) is 4.98 Å². The van der Waals surface area contributed by atoms with Gasteiger partial charge in [0.05, 0.1) is 32.4 Å². The topological polar surface area (TPSA) is 85.7 Å². The Kier molecular flexibility index (Phi) is 9.27. The van der Waals surface area contributed by atoms with Gasteiger partial charge in [-0.15, -0.1) is 0 Å². The second-order valence-electron chi connectivity index (χ2n) is 9.93. The quantitative estimate of drug-likeness (QED) is 0.293.